The molecule has 0 saturated heterocycles. The maximum atomic E-state index is 12.8. The number of alkyl carbamates (subject to hydrolysis) is 1. The SMILES string of the molecule is CCCCCN(CC(=O)OCC)C(=O)[C@H](CC(=O)O)NC(=O)OC(C)(C)C. The summed E-state index contributed by atoms with van der Waals surface area (Å²) < 4.78 is 9.97. The Kier molecular flexibility index (Phi) is 11.1. The van der Waals surface area contributed by atoms with E-state index >= 15 is 0 Å². The molecular weight excluding hydrogens is 356 g/mol. The average Bonchev–Trinajstić information content (AvgIpc) is 2.50. The Morgan fingerprint density at radius 3 is 2.22 bits per heavy atom. The van der Waals surface area contributed by atoms with E-state index in [0.29, 0.717) is 6.42 Å². The number of carbonyl (C=O) groups is 4. The van der Waals surface area contributed by atoms with Gasteiger partial charge in [-0.25, -0.2) is 4.79 Å². The molecule has 0 aromatic rings. The van der Waals surface area contributed by atoms with Gasteiger partial charge in [0.2, 0.25) is 5.91 Å². The molecule has 156 valence electrons. The Hall–Kier alpha value is -2.32. The zero-order valence-corrected chi connectivity index (χ0v) is 16.9. The molecule has 0 bridgehead atoms. The zero-order chi connectivity index (χ0) is 21.0. The van der Waals surface area contributed by atoms with Crippen molar-refractivity contribution in [3.8, 4) is 0 Å². The molecule has 0 unspecified atom stereocenters. The molecule has 0 aromatic heterocycles. The first kappa shape index (κ1) is 24.7. The number of carboxylic acids is 1. The van der Waals surface area contributed by atoms with Gasteiger partial charge in [-0.05, 0) is 34.1 Å². The van der Waals surface area contributed by atoms with Gasteiger partial charge in [0.15, 0.2) is 0 Å². The Bertz CT molecular complexity index is 514. The van der Waals surface area contributed by atoms with Crippen LogP contribution < -0.4 is 5.32 Å². The van der Waals surface area contributed by atoms with E-state index in [0.717, 1.165) is 12.8 Å². The van der Waals surface area contributed by atoms with E-state index in [1.807, 2.05) is 6.92 Å². The Morgan fingerprint density at radius 2 is 1.74 bits per heavy atom. The van der Waals surface area contributed by atoms with Crippen molar-refractivity contribution in [3.63, 3.8) is 0 Å². The van der Waals surface area contributed by atoms with Crippen LogP contribution in [-0.4, -0.2) is 65.3 Å². The second-order valence-corrected chi connectivity index (χ2v) is 7.07. The summed E-state index contributed by atoms with van der Waals surface area (Å²) in [5.41, 5.74) is -0.799. The first-order valence-corrected chi connectivity index (χ1v) is 9.15. The van der Waals surface area contributed by atoms with Crippen LogP contribution in [0.1, 0.15) is 60.3 Å². The highest BCUT2D eigenvalue weighted by Crippen LogP contribution is 2.09. The number of hydrogen-bond acceptors (Lipinski definition) is 6. The van der Waals surface area contributed by atoms with E-state index in [4.69, 9.17) is 14.6 Å². The molecule has 1 atom stereocenters. The normalized spacial score (nSPS) is 12.0. The number of carboxylic acid groups (broad SMARTS) is 1. The highest BCUT2D eigenvalue weighted by molar-refractivity contribution is 5.91. The fraction of sp³-hybridized carbons (Fsp3) is 0.778. The van der Waals surface area contributed by atoms with Gasteiger partial charge < -0.3 is 24.8 Å². The van der Waals surface area contributed by atoms with Crippen LogP contribution in [0, 0.1) is 0 Å². The highest BCUT2D eigenvalue weighted by atomic mass is 16.6. The van der Waals surface area contributed by atoms with Crippen LogP contribution in [0.4, 0.5) is 4.79 Å². The summed E-state index contributed by atoms with van der Waals surface area (Å²) in [6.45, 7) is 8.73. The van der Waals surface area contributed by atoms with E-state index < -0.39 is 42.0 Å². The molecule has 9 heteroatoms. The van der Waals surface area contributed by atoms with Gasteiger partial charge in [0, 0.05) is 6.54 Å². The number of carbonyl (C=O) groups excluding carboxylic acids is 3. The molecule has 0 spiro atoms. The standard InChI is InChI=1S/C18H32N2O7/c1-6-8-9-10-20(12-15(23)26-7-2)16(24)13(11-14(21)22)19-17(25)27-18(3,4)5/h13H,6-12H2,1-5H3,(H,19,25)(H,21,22)/t13-/m0/s1. The van der Waals surface area contributed by atoms with E-state index in [1.54, 1.807) is 27.7 Å². The fourth-order valence-corrected chi connectivity index (χ4v) is 2.23. The van der Waals surface area contributed by atoms with Gasteiger partial charge in [-0.3, -0.25) is 14.4 Å². The molecule has 0 aromatic carbocycles. The van der Waals surface area contributed by atoms with Crippen molar-refractivity contribution >= 4 is 23.9 Å². The molecule has 0 saturated carbocycles. The molecule has 0 radical (unpaired) electrons. The number of ether oxygens (including phenoxy) is 2. The summed E-state index contributed by atoms with van der Waals surface area (Å²) in [4.78, 5) is 48.9. The van der Waals surface area contributed by atoms with Crippen LogP contribution in [-0.2, 0) is 23.9 Å². The van der Waals surface area contributed by atoms with Gasteiger partial charge in [0.25, 0.3) is 0 Å². The number of unbranched alkanes of at least 4 members (excludes halogenated alkanes) is 2. The van der Waals surface area contributed by atoms with Gasteiger partial charge in [-0.15, -0.1) is 0 Å². The summed E-state index contributed by atoms with van der Waals surface area (Å²) >= 11 is 0. The molecule has 2 amide bonds. The van der Waals surface area contributed by atoms with Crippen molar-refractivity contribution < 1.29 is 33.8 Å². The quantitative estimate of drug-likeness (QED) is 0.409. The number of nitrogens with zero attached hydrogens (tertiary/aromatic N) is 1. The van der Waals surface area contributed by atoms with Gasteiger partial charge in [-0.2, -0.15) is 0 Å². The van der Waals surface area contributed by atoms with Crippen molar-refractivity contribution in [1.82, 2.24) is 10.2 Å². The molecule has 27 heavy (non-hydrogen) atoms. The molecule has 0 aliphatic carbocycles. The number of amides is 2. The third-order valence-electron chi connectivity index (χ3n) is 3.34. The average molecular weight is 388 g/mol. The van der Waals surface area contributed by atoms with Crippen molar-refractivity contribution in [2.75, 3.05) is 19.7 Å². The first-order chi connectivity index (χ1) is 12.5. The van der Waals surface area contributed by atoms with Crippen LogP contribution in [0.3, 0.4) is 0 Å². The van der Waals surface area contributed by atoms with Crippen molar-refractivity contribution in [1.29, 1.82) is 0 Å². The van der Waals surface area contributed by atoms with Gasteiger partial charge in [0.05, 0.1) is 13.0 Å². The van der Waals surface area contributed by atoms with Crippen LogP contribution in [0.25, 0.3) is 0 Å². The van der Waals surface area contributed by atoms with E-state index in [1.165, 1.54) is 4.90 Å². The second kappa shape index (κ2) is 12.1. The third kappa shape index (κ3) is 11.8. The summed E-state index contributed by atoms with van der Waals surface area (Å²) in [5, 5.41) is 11.4. The van der Waals surface area contributed by atoms with Crippen molar-refractivity contribution in [2.24, 2.45) is 0 Å². The maximum Gasteiger partial charge on any atom is 0.408 e. The van der Waals surface area contributed by atoms with Gasteiger partial charge in [-0.1, -0.05) is 19.8 Å². The van der Waals surface area contributed by atoms with Crippen molar-refractivity contribution in [2.45, 2.75) is 71.9 Å². The lowest BCUT2D eigenvalue weighted by atomic mass is 10.1. The van der Waals surface area contributed by atoms with Crippen LogP contribution in [0.5, 0.6) is 0 Å². The Balaban J connectivity index is 5.26. The fourth-order valence-electron chi connectivity index (χ4n) is 2.23. The van der Waals surface area contributed by atoms with E-state index in [-0.39, 0.29) is 19.7 Å². The van der Waals surface area contributed by atoms with E-state index in [2.05, 4.69) is 5.32 Å². The molecular formula is C18H32N2O7. The minimum absolute atomic E-state index is 0.171. The predicted molar refractivity (Wildman–Crippen MR) is 98.1 cm³/mol. The molecule has 0 aliphatic heterocycles. The Labute approximate surface area is 160 Å². The molecule has 0 aliphatic rings. The summed E-state index contributed by atoms with van der Waals surface area (Å²) in [6.07, 6.45) is 0.886. The molecule has 0 fully saturated rings. The smallest absolute Gasteiger partial charge is 0.408 e. The number of rotatable bonds is 11. The summed E-state index contributed by atoms with van der Waals surface area (Å²) in [7, 11) is 0. The number of aliphatic carboxylic acids is 1. The summed E-state index contributed by atoms with van der Waals surface area (Å²) in [5.74, 6) is -2.50. The number of esters is 1. The molecule has 0 heterocycles. The summed E-state index contributed by atoms with van der Waals surface area (Å²) in [6, 6.07) is -1.34. The topological polar surface area (TPSA) is 122 Å². The minimum Gasteiger partial charge on any atom is -0.481 e. The first-order valence-electron chi connectivity index (χ1n) is 9.15. The minimum atomic E-state index is -1.34. The van der Waals surface area contributed by atoms with E-state index in [9.17, 15) is 19.2 Å². The van der Waals surface area contributed by atoms with Crippen LogP contribution in [0.2, 0.25) is 0 Å². The van der Waals surface area contributed by atoms with Gasteiger partial charge >= 0.3 is 18.0 Å². The largest absolute Gasteiger partial charge is 0.481 e. The third-order valence-corrected chi connectivity index (χ3v) is 3.34. The molecule has 0 rings (SSSR count). The lowest BCUT2D eigenvalue weighted by molar-refractivity contribution is -0.150. The maximum absolute atomic E-state index is 12.8. The monoisotopic (exact) mass is 388 g/mol. The highest BCUT2D eigenvalue weighted by Gasteiger charge is 2.31. The van der Waals surface area contributed by atoms with Crippen LogP contribution in [0.15, 0.2) is 0 Å². The lowest BCUT2D eigenvalue weighted by Gasteiger charge is -2.27. The van der Waals surface area contributed by atoms with Crippen molar-refractivity contribution in [3.05, 3.63) is 0 Å². The zero-order valence-electron chi connectivity index (χ0n) is 16.9. The molecule has 2 N–H and O–H groups in total. The lowest BCUT2D eigenvalue weighted by Crippen LogP contribution is -2.52. The van der Waals surface area contributed by atoms with Gasteiger partial charge in [0.1, 0.15) is 18.2 Å². The Morgan fingerprint density at radius 1 is 1.11 bits per heavy atom. The van der Waals surface area contributed by atoms with Crippen LogP contribution >= 0.6 is 0 Å². The predicted octanol–water partition coefficient (Wildman–Crippen LogP) is 1.94. The molecule has 9 nitrogen and oxygen atoms in total. The number of nitrogens with one attached hydrogen (secondary N) is 1. The second-order valence-electron chi connectivity index (χ2n) is 7.07. The number of hydrogen-bond donors (Lipinski definition) is 2.